The lowest BCUT2D eigenvalue weighted by Gasteiger charge is -2.17. The van der Waals surface area contributed by atoms with Gasteiger partial charge in [0.1, 0.15) is 0 Å². The number of primary amides is 1. The zero-order chi connectivity index (χ0) is 20.0. The second-order valence-electron chi connectivity index (χ2n) is 5.75. The second-order valence-corrected chi connectivity index (χ2v) is 6.57. The van der Waals surface area contributed by atoms with E-state index in [2.05, 4.69) is 10.6 Å². The molecule has 9 heteroatoms. The number of likely N-dealkylation sites (N-methyl/N-ethyl adjacent to an activating group) is 1. The number of urea groups is 1. The molecular formula is C18H18Cl2N4O3. The fraction of sp³-hybridized carbons (Fsp3) is 0.167. The van der Waals surface area contributed by atoms with Gasteiger partial charge in [0, 0.05) is 24.8 Å². The van der Waals surface area contributed by atoms with Crippen molar-refractivity contribution in [1.29, 1.82) is 0 Å². The molecule has 0 atom stereocenters. The number of nitrogens with two attached hydrogens (primary N) is 1. The smallest absolute Gasteiger partial charge is 0.312 e. The third kappa shape index (κ3) is 6.16. The molecule has 0 aromatic heterocycles. The summed E-state index contributed by atoms with van der Waals surface area (Å²) in [7, 11) is 1.53. The van der Waals surface area contributed by atoms with E-state index in [0.717, 1.165) is 5.56 Å². The van der Waals surface area contributed by atoms with Gasteiger partial charge in [0.15, 0.2) is 0 Å². The molecule has 27 heavy (non-hydrogen) atoms. The van der Waals surface area contributed by atoms with Crippen molar-refractivity contribution < 1.29 is 14.4 Å². The summed E-state index contributed by atoms with van der Waals surface area (Å²) in [5.41, 5.74) is 6.72. The highest BCUT2D eigenvalue weighted by Gasteiger charge is 2.15. The largest absolute Gasteiger partial charge is 0.352 e. The van der Waals surface area contributed by atoms with E-state index in [0.29, 0.717) is 21.3 Å². The van der Waals surface area contributed by atoms with Crippen LogP contribution in [-0.4, -0.2) is 36.3 Å². The SMILES string of the molecule is CN(CC(=O)Nc1ccc(Cl)c(Cl)c1)C(=O)c1ccc(CNC(N)=O)cc1. The minimum atomic E-state index is -0.622. The minimum Gasteiger partial charge on any atom is -0.352 e. The summed E-state index contributed by atoms with van der Waals surface area (Å²) in [5, 5.41) is 5.83. The third-order valence-corrected chi connectivity index (χ3v) is 4.34. The molecule has 0 radical (unpaired) electrons. The number of hydrogen-bond acceptors (Lipinski definition) is 3. The van der Waals surface area contributed by atoms with Crippen molar-refractivity contribution in [3.63, 3.8) is 0 Å². The number of nitrogens with zero attached hydrogens (tertiary/aromatic N) is 1. The summed E-state index contributed by atoms with van der Waals surface area (Å²) in [5.74, 6) is -0.680. The number of carbonyl (C=O) groups is 3. The van der Waals surface area contributed by atoms with Crippen LogP contribution in [0.5, 0.6) is 0 Å². The molecule has 0 fully saturated rings. The van der Waals surface area contributed by atoms with Crippen LogP contribution in [0.1, 0.15) is 15.9 Å². The zero-order valence-corrected chi connectivity index (χ0v) is 16.0. The summed E-state index contributed by atoms with van der Waals surface area (Å²) >= 11 is 11.7. The summed E-state index contributed by atoms with van der Waals surface area (Å²) < 4.78 is 0. The van der Waals surface area contributed by atoms with Gasteiger partial charge >= 0.3 is 6.03 Å². The lowest BCUT2D eigenvalue weighted by atomic mass is 10.1. The van der Waals surface area contributed by atoms with Crippen LogP contribution in [0.15, 0.2) is 42.5 Å². The first-order chi connectivity index (χ1) is 12.8. The highest BCUT2D eigenvalue weighted by molar-refractivity contribution is 6.42. The maximum atomic E-state index is 12.4. The molecule has 2 aromatic rings. The van der Waals surface area contributed by atoms with Crippen LogP contribution in [0.25, 0.3) is 0 Å². The predicted octanol–water partition coefficient (Wildman–Crippen LogP) is 2.87. The van der Waals surface area contributed by atoms with Crippen molar-refractivity contribution in [3.05, 3.63) is 63.6 Å². The average Bonchev–Trinajstić information content (AvgIpc) is 2.62. The number of nitrogens with one attached hydrogen (secondary N) is 2. The first-order valence-corrected chi connectivity index (χ1v) is 8.64. The van der Waals surface area contributed by atoms with Gasteiger partial charge in [0.05, 0.1) is 16.6 Å². The molecule has 0 saturated heterocycles. The van der Waals surface area contributed by atoms with E-state index in [1.807, 2.05) is 0 Å². The lowest BCUT2D eigenvalue weighted by Crippen LogP contribution is -2.35. The molecule has 0 bridgehead atoms. The molecule has 0 unspecified atom stereocenters. The predicted molar refractivity (Wildman–Crippen MR) is 105 cm³/mol. The van der Waals surface area contributed by atoms with E-state index in [1.54, 1.807) is 36.4 Å². The van der Waals surface area contributed by atoms with Crippen LogP contribution in [0.3, 0.4) is 0 Å². The maximum absolute atomic E-state index is 12.4. The van der Waals surface area contributed by atoms with E-state index in [4.69, 9.17) is 28.9 Å². The Morgan fingerprint density at radius 2 is 1.70 bits per heavy atom. The van der Waals surface area contributed by atoms with Crippen molar-refractivity contribution in [2.45, 2.75) is 6.54 Å². The van der Waals surface area contributed by atoms with Crippen LogP contribution in [-0.2, 0) is 11.3 Å². The Labute approximate surface area is 166 Å². The Morgan fingerprint density at radius 1 is 1.04 bits per heavy atom. The highest BCUT2D eigenvalue weighted by Crippen LogP contribution is 2.24. The molecule has 0 spiro atoms. The van der Waals surface area contributed by atoms with Gasteiger partial charge in [-0.2, -0.15) is 0 Å². The molecule has 0 saturated carbocycles. The van der Waals surface area contributed by atoms with Gasteiger partial charge in [-0.1, -0.05) is 35.3 Å². The molecule has 4 amide bonds. The molecule has 142 valence electrons. The molecular weight excluding hydrogens is 391 g/mol. The van der Waals surface area contributed by atoms with Gasteiger partial charge < -0.3 is 21.3 Å². The van der Waals surface area contributed by atoms with E-state index in [1.165, 1.54) is 18.0 Å². The number of carbonyl (C=O) groups excluding carboxylic acids is 3. The molecule has 0 aliphatic rings. The Bertz CT molecular complexity index is 856. The Morgan fingerprint density at radius 3 is 2.30 bits per heavy atom. The zero-order valence-electron chi connectivity index (χ0n) is 14.5. The summed E-state index contributed by atoms with van der Waals surface area (Å²) in [6, 6.07) is 10.7. The van der Waals surface area contributed by atoms with Crippen LogP contribution in [0, 0.1) is 0 Å². The molecule has 0 heterocycles. The average molecular weight is 409 g/mol. The number of anilines is 1. The topological polar surface area (TPSA) is 105 Å². The summed E-state index contributed by atoms with van der Waals surface area (Å²) in [6.07, 6.45) is 0. The fourth-order valence-electron chi connectivity index (χ4n) is 2.24. The van der Waals surface area contributed by atoms with Gasteiger partial charge in [-0.05, 0) is 35.9 Å². The van der Waals surface area contributed by atoms with Crippen LogP contribution < -0.4 is 16.4 Å². The third-order valence-electron chi connectivity index (χ3n) is 3.60. The van der Waals surface area contributed by atoms with Gasteiger partial charge in [-0.15, -0.1) is 0 Å². The molecule has 0 aliphatic carbocycles. The standard InChI is InChI=1S/C18H18Cl2N4O3/c1-24(10-16(25)23-13-6-7-14(19)15(20)8-13)17(26)12-4-2-11(3-5-12)9-22-18(21)27/h2-8H,9-10H2,1H3,(H,23,25)(H3,21,22,27). The lowest BCUT2D eigenvalue weighted by molar-refractivity contribution is -0.116. The Kier molecular flexibility index (Phi) is 7.04. The number of amides is 4. The van der Waals surface area contributed by atoms with Crippen LogP contribution in [0.2, 0.25) is 10.0 Å². The first-order valence-electron chi connectivity index (χ1n) is 7.89. The number of benzene rings is 2. The van der Waals surface area contributed by atoms with Gasteiger partial charge in [0.25, 0.3) is 5.91 Å². The highest BCUT2D eigenvalue weighted by atomic mass is 35.5. The molecule has 2 aromatic carbocycles. The molecule has 0 aliphatic heterocycles. The maximum Gasteiger partial charge on any atom is 0.312 e. The van der Waals surface area contributed by atoms with Gasteiger partial charge in [0.2, 0.25) is 5.91 Å². The van der Waals surface area contributed by atoms with E-state index in [9.17, 15) is 14.4 Å². The normalized spacial score (nSPS) is 10.2. The summed E-state index contributed by atoms with van der Waals surface area (Å²) in [6.45, 7) is 0.135. The fourth-order valence-corrected chi connectivity index (χ4v) is 2.53. The van der Waals surface area contributed by atoms with Gasteiger partial charge in [-0.25, -0.2) is 4.79 Å². The molecule has 4 N–H and O–H groups in total. The van der Waals surface area contributed by atoms with Crippen molar-refractivity contribution in [1.82, 2.24) is 10.2 Å². The van der Waals surface area contributed by atoms with Crippen LogP contribution >= 0.6 is 23.2 Å². The van der Waals surface area contributed by atoms with Crippen LogP contribution in [0.4, 0.5) is 10.5 Å². The Hall–Kier alpha value is -2.77. The molecule has 7 nitrogen and oxygen atoms in total. The quantitative estimate of drug-likeness (QED) is 0.683. The number of hydrogen-bond donors (Lipinski definition) is 3. The van der Waals surface area contributed by atoms with Crippen molar-refractivity contribution in [3.8, 4) is 0 Å². The van der Waals surface area contributed by atoms with E-state index >= 15 is 0 Å². The van der Waals surface area contributed by atoms with Crippen molar-refractivity contribution in [2.24, 2.45) is 5.73 Å². The van der Waals surface area contributed by atoms with E-state index in [-0.39, 0.29) is 24.9 Å². The second kappa shape index (κ2) is 9.25. The first kappa shape index (κ1) is 20.5. The van der Waals surface area contributed by atoms with Gasteiger partial charge in [-0.3, -0.25) is 9.59 Å². The van der Waals surface area contributed by atoms with Crippen molar-refractivity contribution >= 4 is 46.7 Å². The Balaban J connectivity index is 1.93. The number of rotatable bonds is 6. The summed E-state index contributed by atoms with van der Waals surface area (Å²) in [4.78, 5) is 36.6. The monoisotopic (exact) mass is 408 g/mol. The number of halogens is 2. The van der Waals surface area contributed by atoms with Crippen molar-refractivity contribution in [2.75, 3.05) is 18.9 Å². The minimum absolute atomic E-state index is 0.135. The van der Waals surface area contributed by atoms with E-state index < -0.39 is 6.03 Å². The molecule has 2 rings (SSSR count).